The molecular weight excluding hydrogens is 320 g/mol. The number of rotatable bonds is 2. The number of fused-ring (bicyclic) bond motifs is 1. The van der Waals surface area contributed by atoms with Gasteiger partial charge in [-0.15, -0.1) is 12.4 Å². The van der Waals surface area contributed by atoms with Crippen LogP contribution in [-0.2, 0) is 11.3 Å². The highest BCUT2D eigenvalue weighted by molar-refractivity contribution is 6.33. The first-order valence-electron chi connectivity index (χ1n) is 6.06. The predicted molar refractivity (Wildman–Crippen MR) is 78.9 cm³/mol. The molecule has 8 heteroatoms. The quantitative estimate of drug-likeness (QED) is 0.917. The van der Waals surface area contributed by atoms with Crippen molar-refractivity contribution < 1.29 is 13.9 Å². The van der Waals surface area contributed by atoms with Gasteiger partial charge in [-0.25, -0.2) is 9.07 Å². The molecule has 1 aliphatic rings. The van der Waals surface area contributed by atoms with E-state index in [1.807, 2.05) is 0 Å². The maximum absolute atomic E-state index is 14.1. The van der Waals surface area contributed by atoms with Crippen LogP contribution in [0.3, 0.4) is 0 Å². The molecule has 21 heavy (non-hydrogen) atoms. The fourth-order valence-electron chi connectivity index (χ4n) is 2.28. The minimum atomic E-state index is -0.485. The van der Waals surface area contributed by atoms with E-state index in [-0.39, 0.29) is 29.2 Å². The molecule has 0 aliphatic carbocycles. The van der Waals surface area contributed by atoms with Crippen LogP contribution in [0.1, 0.15) is 17.3 Å². The third-order valence-electron chi connectivity index (χ3n) is 3.30. The third kappa shape index (κ3) is 2.60. The second-order valence-electron chi connectivity index (χ2n) is 4.49. The van der Waals surface area contributed by atoms with Crippen LogP contribution < -0.4 is 10.5 Å². The van der Waals surface area contributed by atoms with Crippen LogP contribution in [0.4, 0.5) is 4.39 Å². The number of hydrogen-bond donors (Lipinski definition) is 1. The maximum atomic E-state index is 14.1. The summed E-state index contributed by atoms with van der Waals surface area (Å²) in [7, 11) is 1.47. The molecular formula is C13H14Cl2FN3O2. The largest absolute Gasteiger partial charge is 0.495 e. The van der Waals surface area contributed by atoms with Gasteiger partial charge in [-0.3, -0.25) is 0 Å². The molecule has 0 saturated heterocycles. The molecule has 0 unspecified atom stereocenters. The highest BCUT2D eigenvalue weighted by Gasteiger charge is 2.25. The number of nitrogens with two attached hydrogens (primary N) is 1. The summed E-state index contributed by atoms with van der Waals surface area (Å²) >= 11 is 6.19. The smallest absolute Gasteiger partial charge is 0.150 e. The van der Waals surface area contributed by atoms with E-state index in [2.05, 4.69) is 5.10 Å². The van der Waals surface area contributed by atoms with Gasteiger partial charge in [0.05, 0.1) is 38.3 Å². The van der Waals surface area contributed by atoms with Crippen LogP contribution in [0.5, 0.6) is 5.75 Å². The molecule has 0 amide bonds. The zero-order valence-corrected chi connectivity index (χ0v) is 12.7. The summed E-state index contributed by atoms with van der Waals surface area (Å²) in [5, 5.41) is 4.36. The Bertz CT molecular complexity index is 663. The molecule has 2 heterocycles. The van der Waals surface area contributed by atoms with Crippen molar-refractivity contribution in [2.45, 2.75) is 12.6 Å². The number of halogens is 3. The maximum Gasteiger partial charge on any atom is 0.150 e. The topological polar surface area (TPSA) is 62.3 Å². The second-order valence-corrected chi connectivity index (χ2v) is 4.87. The highest BCUT2D eigenvalue weighted by Crippen LogP contribution is 2.35. The molecule has 2 N–H and O–H groups in total. The van der Waals surface area contributed by atoms with Crippen LogP contribution in [0, 0.1) is 5.82 Å². The average molecular weight is 334 g/mol. The lowest BCUT2D eigenvalue weighted by Crippen LogP contribution is -2.24. The highest BCUT2D eigenvalue weighted by atomic mass is 35.5. The van der Waals surface area contributed by atoms with Gasteiger partial charge in [0.1, 0.15) is 16.5 Å². The summed E-state index contributed by atoms with van der Waals surface area (Å²) in [6.45, 7) is 0.739. The first-order valence-corrected chi connectivity index (χ1v) is 6.43. The normalized spacial score (nSPS) is 17.0. The van der Waals surface area contributed by atoms with Gasteiger partial charge in [0.25, 0.3) is 0 Å². The summed E-state index contributed by atoms with van der Waals surface area (Å²) < 4.78 is 26.0. The Morgan fingerprint density at radius 3 is 3.00 bits per heavy atom. The van der Waals surface area contributed by atoms with E-state index in [0.29, 0.717) is 24.7 Å². The molecule has 0 radical (unpaired) electrons. The van der Waals surface area contributed by atoms with E-state index in [1.54, 1.807) is 6.20 Å². The van der Waals surface area contributed by atoms with Gasteiger partial charge in [0.2, 0.25) is 0 Å². The van der Waals surface area contributed by atoms with E-state index >= 15 is 0 Å². The Morgan fingerprint density at radius 2 is 2.29 bits per heavy atom. The van der Waals surface area contributed by atoms with Crippen LogP contribution in [-0.4, -0.2) is 23.5 Å². The third-order valence-corrected chi connectivity index (χ3v) is 3.67. The summed E-state index contributed by atoms with van der Waals surface area (Å²) in [6, 6.07) is 2.50. The van der Waals surface area contributed by atoms with Crippen molar-refractivity contribution in [3.63, 3.8) is 0 Å². The Kier molecular flexibility index (Phi) is 4.73. The Balaban J connectivity index is 0.00000161. The van der Waals surface area contributed by atoms with E-state index in [9.17, 15) is 4.39 Å². The van der Waals surface area contributed by atoms with E-state index in [4.69, 9.17) is 26.8 Å². The standard InChI is InChI=1S/C13H13ClFN3O2.ClH/c1-19-11-3-2-8(15)13(12(11)14)18-10-6-20-5-9(16)7(10)4-17-18;/h2-4,9H,5-6,16H2,1H3;1H/t9-;/m1./s1. The summed E-state index contributed by atoms with van der Waals surface area (Å²) in [5.74, 6) is -0.103. The monoisotopic (exact) mass is 333 g/mol. The van der Waals surface area contributed by atoms with Crippen molar-refractivity contribution in [1.29, 1.82) is 0 Å². The number of benzene rings is 1. The molecule has 5 nitrogen and oxygen atoms in total. The predicted octanol–water partition coefficient (Wildman–Crippen LogP) is 2.63. The van der Waals surface area contributed by atoms with Crippen LogP contribution >= 0.6 is 24.0 Å². The lowest BCUT2D eigenvalue weighted by atomic mass is 10.1. The summed E-state index contributed by atoms with van der Waals surface area (Å²) in [5.41, 5.74) is 7.63. The molecule has 1 atom stereocenters. The molecule has 3 rings (SSSR count). The van der Waals surface area contributed by atoms with Crippen LogP contribution in [0.15, 0.2) is 18.3 Å². The zero-order valence-electron chi connectivity index (χ0n) is 11.2. The number of aromatic nitrogens is 2. The number of hydrogen-bond acceptors (Lipinski definition) is 4. The van der Waals surface area contributed by atoms with Gasteiger partial charge in [0.15, 0.2) is 5.82 Å². The van der Waals surface area contributed by atoms with Crippen molar-refractivity contribution in [3.05, 3.63) is 40.4 Å². The zero-order chi connectivity index (χ0) is 14.3. The minimum Gasteiger partial charge on any atom is -0.495 e. The molecule has 2 aromatic rings. The number of nitrogens with zero attached hydrogens (tertiary/aromatic N) is 2. The molecule has 1 aliphatic heterocycles. The van der Waals surface area contributed by atoms with Crippen molar-refractivity contribution in [1.82, 2.24) is 9.78 Å². The van der Waals surface area contributed by atoms with Gasteiger partial charge in [0, 0.05) is 5.56 Å². The van der Waals surface area contributed by atoms with Crippen molar-refractivity contribution in [3.8, 4) is 11.4 Å². The Morgan fingerprint density at radius 1 is 1.52 bits per heavy atom. The van der Waals surface area contributed by atoms with Crippen LogP contribution in [0.2, 0.25) is 5.02 Å². The SMILES string of the molecule is COc1ccc(F)c(-n2ncc3c2COC[C@H]3N)c1Cl.Cl. The van der Waals surface area contributed by atoms with Crippen LogP contribution in [0.25, 0.3) is 5.69 Å². The lowest BCUT2D eigenvalue weighted by Gasteiger charge is -2.20. The van der Waals surface area contributed by atoms with E-state index in [0.717, 1.165) is 5.56 Å². The van der Waals surface area contributed by atoms with Gasteiger partial charge < -0.3 is 15.2 Å². The number of ether oxygens (including phenoxy) is 2. The molecule has 1 aromatic carbocycles. The first kappa shape index (κ1) is 16.0. The average Bonchev–Trinajstić information content (AvgIpc) is 2.85. The van der Waals surface area contributed by atoms with Crippen molar-refractivity contribution >= 4 is 24.0 Å². The van der Waals surface area contributed by atoms with Gasteiger partial charge >= 0.3 is 0 Å². The van der Waals surface area contributed by atoms with Crippen molar-refractivity contribution in [2.75, 3.05) is 13.7 Å². The summed E-state index contributed by atoms with van der Waals surface area (Å²) in [6.07, 6.45) is 1.62. The second kappa shape index (κ2) is 6.19. The molecule has 0 fully saturated rings. The molecule has 0 saturated carbocycles. The number of methoxy groups -OCH3 is 1. The lowest BCUT2D eigenvalue weighted by molar-refractivity contribution is 0.0884. The first-order chi connectivity index (χ1) is 9.63. The fraction of sp³-hybridized carbons (Fsp3) is 0.308. The van der Waals surface area contributed by atoms with E-state index in [1.165, 1.54) is 23.9 Å². The van der Waals surface area contributed by atoms with Crippen molar-refractivity contribution in [2.24, 2.45) is 5.73 Å². The minimum absolute atomic E-state index is 0. The molecule has 114 valence electrons. The summed E-state index contributed by atoms with van der Waals surface area (Å²) in [4.78, 5) is 0. The van der Waals surface area contributed by atoms with Gasteiger partial charge in [-0.05, 0) is 12.1 Å². The molecule has 1 aromatic heterocycles. The Labute approximate surface area is 132 Å². The molecule has 0 bridgehead atoms. The van der Waals surface area contributed by atoms with Gasteiger partial charge in [-0.1, -0.05) is 11.6 Å². The van der Waals surface area contributed by atoms with E-state index < -0.39 is 5.82 Å². The Hall–Kier alpha value is -1.34. The molecule has 0 spiro atoms. The fourth-order valence-corrected chi connectivity index (χ4v) is 2.59. The van der Waals surface area contributed by atoms with Gasteiger partial charge in [-0.2, -0.15) is 5.10 Å².